The lowest BCUT2D eigenvalue weighted by molar-refractivity contribution is 0.278. The molecule has 1 rings (SSSR count). The Morgan fingerprint density at radius 2 is 2.00 bits per heavy atom. The van der Waals surface area contributed by atoms with Crippen LogP contribution in [0.5, 0.6) is 11.5 Å². The highest BCUT2D eigenvalue weighted by Gasteiger charge is 2.07. The van der Waals surface area contributed by atoms with E-state index in [0.29, 0.717) is 18.4 Å². The summed E-state index contributed by atoms with van der Waals surface area (Å²) in [6.45, 7) is 8.69. The van der Waals surface area contributed by atoms with Crippen molar-refractivity contribution >= 4 is 35.6 Å². The van der Waals surface area contributed by atoms with E-state index >= 15 is 0 Å². The number of methoxy groups -OCH3 is 1. The lowest BCUT2D eigenvalue weighted by Crippen LogP contribution is -2.38. The average Bonchev–Trinajstić information content (AvgIpc) is 2.54. The molecule has 0 heterocycles. The molecule has 0 atom stereocenters. The highest BCUT2D eigenvalue weighted by molar-refractivity contribution is 14.0. The van der Waals surface area contributed by atoms with Crippen LogP contribution in [-0.4, -0.2) is 57.8 Å². The first-order valence-electron chi connectivity index (χ1n) is 8.00. The van der Waals surface area contributed by atoms with Crippen molar-refractivity contribution < 1.29 is 9.47 Å². The van der Waals surface area contributed by atoms with Crippen LogP contribution in [0.3, 0.4) is 0 Å². The molecule has 0 saturated carbocycles. The Morgan fingerprint density at radius 1 is 1.29 bits per heavy atom. The highest BCUT2D eigenvalue weighted by atomic mass is 127. The van der Waals surface area contributed by atoms with Gasteiger partial charge in [-0.05, 0) is 40.0 Å². The predicted octanol–water partition coefficient (Wildman–Crippen LogP) is 3.04. The summed E-state index contributed by atoms with van der Waals surface area (Å²) in [4.78, 5) is 6.52. The summed E-state index contributed by atoms with van der Waals surface area (Å²) in [5, 5.41) is 6.57. The number of nitrogens with one attached hydrogen (secondary N) is 2. The summed E-state index contributed by atoms with van der Waals surface area (Å²) < 4.78 is 10.9. The van der Waals surface area contributed by atoms with E-state index in [9.17, 15) is 0 Å². The van der Waals surface area contributed by atoms with Gasteiger partial charge in [-0.15, -0.1) is 24.0 Å². The van der Waals surface area contributed by atoms with Gasteiger partial charge in [0.15, 0.2) is 17.5 Å². The minimum Gasteiger partial charge on any atom is -0.493 e. The Balaban J connectivity index is 0.00000529. The molecule has 6 nitrogen and oxygen atoms in total. The molecule has 1 aromatic carbocycles. The van der Waals surface area contributed by atoms with Gasteiger partial charge in [-0.2, -0.15) is 0 Å². The second-order valence-electron chi connectivity index (χ2n) is 5.50. The number of nitrogens with zero attached hydrogens (tertiary/aromatic N) is 2. The Kier molecular flexibility index (Phi) is 11.6. The van der Waals surface area contributed by atoms with Crippen molar-refractivity contribution in [3.8, 4) is 11.5 Å². The van der Waals surface area contributed by atoms with E-state index < -0.39 is 0 Å². The van der Waals surface area contributed by atoms with Crippen LogP contribution in [0.1, 0.15) is 20.8 Å². The number of rotatable bonds is 8. The zero-order valence-corrected chi connectivity index (χ0v) is 17.9. The van der Waals surface area contributed by atoms with Gasteiger partial charge >= 0.3 is 0 Å². The summed E-state index contributed by atoms with van der Waals surface area (Å²) in [6, 6.07) is 6.27. The summed E-state index contributed by atoms with van der Waals surface area (Å²) in [6.07, 6.45) is 0. The van der Waals surface area contributed by atoms with Crippen LogP contribution in [0.2, 0.25) is 0 Å². The van der Waals surface area contributed by atoms with Gasteiger partial charge in [0.05, 0.1) is 13.7 Å². The normalized spacial score (nSPS) is 11.2. The third-order valence-corrected chi connectivity index (χ3v) is 3.59. The molecule has 0 aromatic heterocycles. The van der Waals surface area contributed by atoms with Gasteiger partial charge < -0.3 is 25.0 Å². The monoisotopic (exact) mass is 450 g/mol. The number of guanidine groups is 1. The van der Waals surface area contributed by atoms with E-state index in [0.717, 1.165) is 30.5 Å². The largest absolute Gasteiger partial charge is 0.493 e. The Hall–Kier alpha value is -1.22. The first-order chi connectivity index (χ1) is 11.0. The Morgan fingerprint density at radius 3 is 2.54 bits per heavy atom. The molecule has 24 heavy (non-hydrogen) atoms. The van der Waals surface area contributed by atoms with Crippen molar-refractivity contribution in [2.24, 2.45) is 4.99 Å². The second kappa shape index (κ2) is 12.2. The number of anilines is 1. The number of hydrogen-bond donors (Lipinski definition) is 2. The van der Waals surface area contributed by atoms with Gasteiger partial charge in [-0.3, -0.25) is 4.99 Å². The second-order valence-corrected chi connectivity index (χ2v) is 5.50. The highest BCUT2D eigenvalue weighted by Crippen LogP contribution is 2.30. The summed E-state index contributed by atoms with van der Waals surface area (Å²) in [7, 11) is 5.50. The van der Waals surface area contributed by atoms with Crippen LogP contribution in [0.25, 0.3) is 0 Å². The molecule has 0 unspecified atom stereocenters. The fraction of sp³-hybridized carbons (Fsp3) is 0.588. The molecule has 7 heteroatoms. The van der Waals surface area contributed by atoms with Crippen LogP contribution >= 0.6 is 24.0 Å². The maximum absolute atomic E-state index is 5.52. The molecule has 0 aliphatic rings. The van der Waals surface area contributed by atoms with Gasteiger partial charge in [0.2, 0.25) is 0 Å². The molecular weight excluding hydrogens is 419 g/mol. The molecule has 0 saturated heterocycles. The van der Waals surface area contributed by atoms with Crippen LogP contribution < -0.4 is 20.1 Å². The maximum Gasteiger partial charge on any atom is 0.195 e. The van der Waals surface area contributed by atoms with Crippen molar-refractivity contribution in [2.75, 3.05) is 46.2 Å². The van der Waals surface area contributed by atoms with Crippen molar-refractivity contribution in [3.63, 3.8) is 0 Å². The fourth-order valence-corrected chi connectivity index (χ4v) is 1.94. The van der Waals surface area contributed by atoms with Gasteiger partial charge in [0.1, 0.15) is 0 Å². The molecule has 0 radical (unpaired) electrons. The van der Waals surface area contributed by atoms with E-state index in [2.05, 4.69) is 41.4 Å². The first kappa shape index (κ1) is 22.8. The third-order valence-electron chi connectivity index (χ3n) is 3.59. The molecule has 138 valence electrons. The quantitative estimate of drug-likeness (QED) is 0.362. The number of halogens is 1. The van der Waals surface area contributed by atoms with Gasteiger partial charge in [0, 0.05) is 37.9 Å². The van der Waals surface area contributed by atoms with E-state index in [4.69, 9.17) is 9.47 Å². The van der Waals surface area contributed by atoms with Gasteiger partial charge in [-0.1, -0.05) is 0 Å². The molecule has 2 N–H and O–H groups in total. The summed E-state index contributed by atoms with van der Waals surface area (Å²) in [5.41, 5.74) is 0.899. The van der Waals surface area contributed by atoms with Crippen molar-refractivity contribution in [1.82, 2.24) is 10.2 Å². The van der Waals surface area contributed by atoms with Crippen LogP contribution in [0.15, 0.2) is 23.2 Å². The van der Waals surface area contributed by atoms with E-state index in [1.807, 2.05) is 25.1 Å². The smallest absolute Gasteiger partial charge is 0.195 e. The minimum atomic E-state index is 0. The van der Waals surface area contributed by atoms with Crippen LogP contribution in [-0.2, 0) is 0 Å². The van der Waals surface area contributed by atoms with Crippen molar-refractivity contribution in [2.45, 2.75) is 26.8 Å². The van der Waals surface area contributed by atoms with Crippen LogP contribution in [0, 0.1) is 0 Å². The summed E-state index contributed by atoms with van der Waals surface area (Å²) in [5.74, 6) is 2.17. The summed E-state index contributed by atoms with van der Waals surface area (Å²) >= 11 is 0. The SMILES string of the molecule is CCOc1ccc(NC(=NC)NCCN(C)C(C)C)cc1OC.I. The number of ether oxygens (including phenoxy) is 2. The predicted molar refractivity (Wildman–Crippen MR) is 112 cm³/mol. The van der Waals surface area contributed by atoms with E-state index in [-0.39, 0.29) is 24.0 Å². The molecule has 0 aliphatic heterocycles. The third kappa shape index (κ3) is 7.57. The molecule has 0 fully saturated rings. The molecular formula is C17H31IN4O2. The fourth-order valence-electron chi connectivity index (χ4n) is 1.94. The van der Waals surface area contributed by atoms with Gasteiger partial charge in [0.25, 0.3) is 0 Å². The van der Waals surface area contributed by atoms with Crippen molar-refractivity contribution in [1.29, 1.82) is 0 Å². The molecule has 0 aliphatic carbocycles. The average molecular weight is 450 g/mol. The zero-order chi connectivity index (χ0) is 17.2. The topological polar surface area (TPSA) is 58.1 Å². The van der Waals surface area contributed by atoms with E-state index in [1.54, 1.807) is 14.2 Å². The number of hydrogen-bond acceptors (Lipinski definition) is 4. The molecule has 0 amide bonds. The van der Waals surface area contributed by atoms with Crippen LogP contribution in [0.4, 0.5) is 5.69 Å². The van der Waals surface area contributed by atoms with Gasteiger partial charge in [-0.25, -0.2) is 0 Å². The molecule has 1 aromatic rings. The maximum atomic E-state index is 5.52. The molecule has 0 spiro atoms. The molecule has 0 bridgehead atoms. The van der Waals surface area contributed by atoms with E-state index in [1.165, 1.54) is 0 Å². The van der Waals surface area contributed by atoms with Crippen molar-refractivity contribution in [3.05, 3.63) is 18.2 Å². The Bertz CT molecular complexity index is 509. The standard InChI is InChI=1S/C17H30N4O2.HI/c1-7-23-15-9-8-14(12-16(15)22-6)20-17(18-4)19-10-11-21(5)13(2)3;/h8-9,12-13H,7,10-11H2,1-6H3,(H2,18,19,20);1H. The number of aliphatic imine (C=N–C) groups is 1. The zero-order valence-electron chi connectivity index (χ0n) is 15.5. The minimum absolute atomic E-state index is 0. The number of likely N-dealkylation sites (N-methyl/N-ethyl adjacent to an activating group) is 1. The lowest BCUT2D eigenvalue weighted by atomic mass is 10.2. The number of benzene rings is 1. The Labute approximate surface area is 163 Å². The lowest BCUT2D eigenvalue weighted by Gasteiger charge is -2.21. The first-order valence-corrected chi connectivity index (χ1v) is 8.00.